The Hall–Kier alpha value is -2.54. The molecule has 0 unspecified atom stereocenters. The predicted molar refractivity (Wildman–Crippen MR) is 95.0 cm³/mol. The van der Waals surface area contributed by atoms with E-state index in [9.17, 15) is 13.2 Å². The Balaban J connectivity index is 2.21. The number of sulfonamides is 1. The Morgan fingerprint density at radius 3 is 2.50 bits per heavy atom. The minimum atomic E-state index is -3.62. The number of hydrogen-bond donors (Lipinski definition) is 1. The molecule has 2 aromatic rings. The summed E-state index contributed by atoms with van der Waals surface area (Å²) in [5, 5.41) is 2.71. The standard InChI is InChI=1S/C17H20N2O4S/c1-13-6-4-7-14(10-13)18-17(20)12-19(24(3,21)22)15-8-5-9-16(11-15)23-2/h4-11H,12H2,1-3H3,(H,18,20). The molecule has 0 aliphatic carbocycles. The van der Waals surface area contributed by atoms with Crippen LogP contribution in [0.25, 0.3) is 0 Å². The van der Waals surface area contributed by atoms with Crippen molar-refractivity contribution >= 4 is 27.3 Å². The van der Waals surface area contributed by atoms with Crippen molar-refractivity contribution in [1.29, 1.82) is 0 Å². The minimum Gasteiger partial charge on any atom is -0.497 e. The van der Waals surface area contributed by atoms with Crippen LogP contribution in [0.1, 0.15) is 5.56 Å². The van der Waals surface area contributed by atoms with Crippen LogP contribution >= 0.6 is 0 Å². The highest BCUT2D eigenvalue weighted by molar-refractivity contribution is 7.92. The molecule has 0 aromatic heterocycles. The Kier molecular flexibility index (Phi) is 5.46. The van der Waals surface area contributed by atoms with Gasteiger partial charge in [0.2, 0.25) is 15.9 Å². The minimum absolute atomic E-state index is 0.320. The van der Waals surface area contributed by atoms with Gasteiger partial charge in [-0.1, -0.05) is 18.2 Å². The number of nitrogens with one attached hydrogen (secondary N) is 1. The molecule has 6 nitrogen and oxygen atoms in total. The van der Waals surface area contributed by atoms with Crippen molar-refractivity contribution in [3.05, 3.63) is 54.1 Å². The second-order valence-corrected chi connectivity index (χ2v) is 7.30. The molecule has 0 fully saturated rings. The summed E-state index contributed by atoms with van der Waals surface area (Å²) in [6.45, 7) is 1.59. The van der Waals surface area contributed by atoms with Gasteiger partial charge in [0.15, 0.2) is 0 Å². The molecule has 0 bridgehead atoms. The lowest BCUT2D eigenvalue weighted by atomic mass is 10.2. The maximum absolute atomic E-state index is 12.3. The van der Waals surface area contributed by atoms with Crippen molar-refractivity contribution in [2.45, 2.75) is 6.92 Å². The van der Waals surface area contributed by atoms with Crippen molar-refractivity contribution in [3.8, 4) is 5.75 Å². The summed E-state index contributed by atoms with van der Waals surface area (Å²) in [6, 6.07) is 13.9. The molecule has 0 aliphatic rings. The summed E-state index contributed by atoms with van der Waals surface area (Å²) < 4.78 is 30.3. The topological polar surface area (TPSA) is 75.7 Å². The van der Waals surface area contributed by atoms with Gasteiger partial charge in [0.1, 0.15) is 12.3 Å². The van der Waals surface area contributed by atoms with Gasteiger partial charge in [0.05, 0.1) is 19.1 Å². The first-order valence-corrected chi connectivity index (χ1v) is 9.13. The molecule has 2 rings (SSSR count). The van der Waals surface area contributed by atoms with E-state index >= 15 is 0 Å². The second kappa shape index (κ2) is 7.35. The van der Waals surface area contributed by atoms with Crippen LogP contribution in [0.3, 0.4) is 0 Å². The smallest absolute Gasteiger partial charge is 0.245 e. The van der Waals surface area contributed by atoms with Gasteiger partial charge >= 0.3 is 0 Å². The highest BCUT2D eigenvalue weighted by atomic mass is 32.2. The average Bonchev–Trinajstić information content (AvgIpc) is 2.51. The summed E-state index contributed by atoms with van der Waals surface area (Å²) in [5.41, 5.74) is 2.00. The number of nitrogens with zero attached hydrogens (tertiary/aromatic N) is 1. The number of amides is 1. The van der Waals surface area contributed by atoms with Crippen LogP contribution in [0.15, 0.2) is 48.5 Å². The van der Waals surface area contributed by atoms with Gasteiger partial charge in [-0.15, -0.1) is 0 Å². The van der Waals surface area contributed by atoms with Crippen LogP contribution in [-0.4, -0.2) is 34.2 Å². The fourth-order valence-corrected chi connectivity index (χ4v) is 3.07. The molecule has 2 aromatic carbocycles. The van der Waals surface area contributed by atoms with E-state index in [0.717, 1.165) is 16.1 Å². The zero-order valence-corrected chi connectivity index (χ0v) is 14.6. The molecule has 0 saturated carbocycles. The molecule has 1 amide bonds. The third kappa shape index (κ3) is 4.73. The highest BCUT2D eigenvalue weighted by Crippen LogP contribution is 2.23. The number of rotatable bonds is 6. The van der Waals surface area contributed by atoms with E-state index in [1.54, 1.807) is 30.3 Å². The molecule has 24 heavy (non-hydrogen) atoms. The van der Waals surface area contributed by atoms with Crippen molar-refractivity contribution < 1.29 is 17.9 Å². The number of methoxy groups -OCH3 is 1. The van der Waals surface area contributed by atoms with Crippen molar-refractivity contribution in [1.82, 2.24) is 0 Å². The van der Waals surface area contributed by atoms with Gasteiger partial charge < -0.3 is 10.1 Å². The molecule has 0 radical (unpaired) electrons. The molecule has 1 N–H and O–H groups in total. The monoisotopic (exact) mass is 348 g/mol. The van der Waals surface area contributed by atoms with Gasteiger partial charge in [-0.25, -0.2) is 8.42 Å². The van der Waals surface area contributed by atoms with Crippen LogP contribution < -0.4 is 14.4 Å². The number of benzene rings is 2. The van der Waals surface area contributed by atoms with Crippen molar-refractivity contribution in [3.63, 3.8) is 0 Å². The first-order valence-electron chi connectivity index (χ1n) is 7.28. The van der Waals surface area contributed by atoms with E-state index in [-0.39, 0.29) is 6.54 Å². The normalized spacial score (nSPS) is 11.0. The number of aryl methyl sites for hydroxylation is 1. The highest BCUT2D eigenvalue weighted by Gasteiger charge is 2.21. The molecule has 0 saturated heterocycles. The van der Waals surface area contributed by atoms with Crippen LogP contribution in [0.5, 0.6) is 5.75 Å². The SMILES string of the molecule is COc1cccc(N(CC(=O)Nc2cccc(C)c2)S(C)(=O)=O)c1. The van der Waals surface area contributed by atoms with Gasteiger partial charge in [0, 0.05) is 11.8 Å². The first-order chi connectivity index (χ1) is 11.3. The summed E-state index contributed by atoms with van der Waals surface area (Å²) >= 11 is 0. The van der Waals surface area contributed by atoms with Gasteiger partial charge in [-0.3, -0.25) is 9.10 Å². The maximum Gasteiger partial charge on any atom is 0.245 e. The van der Waals surface area contributed by atoms with E-state index in [4.69, 9.17) is 4.74 Å². The summed E-state index contributed by atoms with van der Waals surface area (Å²) in [6.07, 6.45) is 1.06. The predicted octanol–water partition coefficient (Wildman–Crippen LogP) is 2.41. The number of anilines is 2. The molecular weight excluding hydrogens is 328 g/mol. The van der Waals surface area contributed by atoms with Crippen molar-refractivity contribution in [2.24, 2.45) is 0 Å². The van der Waals surface area contributed by atoms with Crippen LogP contribution in [0.4, 0.5) is 11.4 Å². The van der Waals surface area contributed by atoms with Crippen LogP contribution in [0, 0.1) is 6.92 Å². The Labute approximate surface area is 142 Å². The molecule has 0 aliphatic heterocycles. The first kappa shape index (κ1) is 17.8. The lowest BCUT2D eigenvalue weighted by Gasteiger charge is -2.22. The van der Waals surface area contributed by atoms with Crippen LogP contribution in [-0.2, 0) is 14.8 Å². The molecule has 7 heteroatoms. The average molecular weight is 348 g/mol. The zero-order valence-electron chi connectivity index (χ0n) is 13.8. The summed E-state index contributed by atoms with van der Waals surface area (Å²) in [5.74, 6) is 0.0917. The van der Waals surface area contributed by atoms with E-state index in [1.165, 1.54) is 7.11 Å². The maximum atomic E-state index is 12.3. The van der Waals surface area contributed by atoms with Crippen molar-refractivity contribution in [2.75, 3.05) is 29.5 Å². The van der Waals surface area contributed by atoms with E-state index in [1.807, 2.05) is 25.1 Å². The third-order valence-electron chi connectivity index (χ3n) is 3.33. The Bertz CT molecular complexity index is 834. The van der Waals surface area contributed by atoms with Gasteiger partial charge in [-0.05, 0) is 36.8 Å². The van der Waals surface area contributed by atoms with E-state index in [2.05, 4.69) is 5.32 Å². The summed E-state index contributed by atoms with van der Waals surface area (Å²) in [7, 11) is -2.13. The number of carbonyl (C=O) groups is 1. The van der Waals surface area contributed by atoms with Gasteiger partial charge in [-0.2, -0.15) is 0 Å². The van der Waals surface area contributed by atoms with Crippen LogP contribution in [0.2, 0.25) is 0 Å². The fourth-order valence-electron chi connectivity index (χ4n) is 2.22. The lowest BCUT2D eigenvalue weighted by molar-refractivity contribution is -0.114. The zero-order chi connectivity index (χ0) is 17.7. The molecule has 128 valence electrons. The number of ether oxygens (including phenoxy) is 1. The van der Waals surface area contributed by atoms with Gasteiger partial charge in [0.25, 0.3) is 0 Å². The lowest BCUT2D eigenvalue weighted by Crippen LogP contribution is -2.37. The van der Waals surface area contributed by atoms with E-state index in [0.29, 0.717) is 17.1 Å². The third-order valence-corrected chi connectivity index (χ3v) is 4.47. The number of carbonyl (C=O) groups excluding carboxylic acids is 1. The molecule has 0 spiro atoms. The number of hydrogen-bond acceptors (Lipinski definition) is 4. The Morgan fingerprint density at radius 2 is 1.88 bits per heavy atom. The Morgan fingerprint density at radius 1 is 1.17 bits per heavy atom. The summed E-state index contributed by atoms with van der Waals surface area (Å²) in [4.78, 5) is 12.3. The fraction of sp³-hybridized carbons (Fsp3) is 0.235. The quantitative estimate of drug-likeness (QED) is 0.870. The largest absolute Gasteiger partial charge is 0.497 e. The van der Waals surface area contributed by atoms with E-state index < -0.39 is 15.9 Å². The second-order valence-electron chi connectivity index (χ2n) is 5.39. The molecule has 0 heterocycles. The molecule has 0 atom stereocenters. The molecular formula is C17H20N2O4S.